The number of rotatable bonds is 0. The van der Waals surface area contributed by atoms with Crippen molar-refractivity contribution < 1.29 is 4.48 Å². The number of quaternary nitrogens is 1. The van der Waals surface area contributed by atoms with Crippen LogP contribution in [0.1, 0.15) is 26.2 Å². The largest absolute Gasteiger partial charge is 0.323 e. The van der Waals surface area contributed by atoms with Crippen LogP contribution in [0.4, 0.5) is 0 Å². The van der Waals surface area contributed by atoms with E-state index in [1.54, 1.807) is 0 Å². The van der Waals surface area contributed by atoms with Gasteiger partial charge in [0.15, 0.2) is 0 Å². The molecule has 0 aliphatic carbocycles. The van der Waals surface area contributed by atoms with E-state index in [2.05, 4.69) is 6.92 Å². The van der Waals surface area contributed by atoms with Crippen molar-refractivity contribution in [2.24, 2.45) is 5.92 Å². The van der Waals surface area contributed by atoms with Crippen LogP contribution < -0.4 is 0 Å². The van der Waals surface area contributed by atoms with Crippen molar-refractivity contribution in [3.05, 3.63) is 0 Å². The fraction of sp³-hybridized carbons (Fsp3) is 1.00. The van der Waals surface area contributed by atoms with Gasteiger partial charge in [-0.3, -0.25) is 0 Å². The second-order valence-electron chi connectivity index (χ2n) is 4.30. The molecule has 2 aliphatic heterocycles. The summed E-state index contributed by atoms with van der Waals surface area (Å²) in [6.07, 6.45) is 4.47. The summed E-state index contributed by atoms with van der Waals surface area (Å²) in [5, 5.41) is 0. The van der Waals surface area contributed by atoms with Crippen LogP contribution in [-0.2, 0) is 0 Å². The topological polar surface area (TPSA) is 0 Å². The molecule has 0 saturated carbocycles. The zero-order valence-electron chi connectivity index (χ0n) is 6.97. The Balaban J connectivity index is 2.03. The SMILES string of the molecule is CC1CC[N+]2(CCCC2)C1. The summed E-state index contributed by atoms with van der Waals surface area (Å²) in [5.41, 5.74) is 0. The van der Waals surface area contributed by atoms with Crippen LogP contribution in [0.3, 0.4) is 0 Å². The van der Waals surface area contributed by atoms with Gasteiger partial charge in [0.2, 0.25) is 0 Å². The highest BCUT2D eigenvalue weighted by atomic mass is 15.4. The molecule has 0 N–H and O–H groups in total. The van der Waals surface area contributed by atoms with Gasteiger partial charge >= 0.3 is 0 Å². The number of hydrogen-bond acceptors (Lipinski definition) is 0. The third kappa shape index (κ3) is 0.968. The maximum atomic E-state index is 2.41. The molecule has 0 aromatic rings. The predicted octanol–water partition coefficient (Wildman–Crippen LogP) is 1.64. The molecule has 2 saturated heterocycles. The Hall–Kier alpha value is -0.0400. The van der Waals surface area contributed by atoms with Crippen molar-refractivity contribution in [3.8, 4) is 0 Å². The van der Waals surface area contributed by atoms with Crippen LogP contribution in [0.5, 0.6) is 0 Å². The Morgan fingerprint density at radius 3 is 2.30 bits per heavy atom. The standard InChI is InChI=1S/C9H18N/c1-9-4-7-10(8-9)5-2-3-6-10/h9H,2-8H2,1H3/q+1. The number of nitrogens with zero attached hydrogens (tertiary/aromatic N) is 1. The van der Waals surface area contributed by atoms with Crippen molar-refractivity contribution in [2.75, 3.05) is 26.2 Å². The van der Waals surface area contributed by atoms with E-state index in [1.807, 2.05) is 0 Å². The van der Waals surface area contributed by atoms with E-state index in [0.29, 0.717) is 0 Å². The molecule has 58 valence electrons. The molecule has 1 nitrogen and oxygen atoms in total. The molecule has 0 aromatic heterocycles. The van der Waals surface area contributed by atoms with Crippen LogP contribution in [0.2, 0.25) is 0 Å². The summed E-state index contributed by atoms with van der Waals surface area (Å²) in [6, 6.07) is 0. The minimum atomic E-state index is 1.01. The minimum absolute atomic E-state index is 1.01. The van der Waals surface area contributed by atoms with Crippen molar-refractivity contribution in [3.63, 3.8) is 0 Å². The molecule has 0 amide bonds. The molecule has 1 unspecified atom stereocenters. The third-order valence-electron chi connectivity index (χ3n) is 3.31. The lowest BCUT2D eigenvalue weighted by Crippen LogP contribution is -2.42. The van der Waals surface area contributed by atoms with Crippen LogP contribution in [0.15, 0.2) is 0 Å². The Morgan fingerprint density at radius 2 is 1.80 bits per heavy atom. The first-order valence-electron chi connectivity index (χ1n) is 4.66. The van der Waals surface area contributed by atoms with Gasteiger partial charge in [-0.2, -0.15) is 0 Å². The van der Waals surface area contributed by atoms with Gasteiger partial charge in [0.1, 0.15) is 0 Å². The second-order valence-corrected chi connectivity index (χ2v) is 4.30. The lowest BCUT2D eigenvalue weighted by molar-refractivity contribution is -0.906. The van der Waals surface area contributed by atoms with Crippen LogP contribution >= 0.6 is 0 Å². The molecular weight excluding hydrogens is 122 g/mol. The molecule has 0 bridgehead atoms. The molecule has 2 heterocycles. The van der Waals surface area contributed by atoms with E-state index in [4.69, 9.17) is 0 Å². The summed E-state index contributed by atoms with van der Waals surface area (Å²) in [7, 11) is 0. The Bertz CT molecular complexity index is 125. The Labute approximate surface area is 63.6 Å². The van der Waals surface area contributed by atoms with E-state index < -0.39 is 0 Å². The van der Waals surface area contributed by atoms with Crippen molar-refractivity contribution in [1.82, 2.24) is 0 Å². The molecule has 1 atom stereocenters. The predicted molar refractivity (Wildman–Crippen MR) is 42.7 cm³/mol. The average molecular weight is 140 g/mol. The second kappa shape index (κ2) is 2.23. The molecule has 10 heavy (non-hydrogen) atoms. The van der Waals surface area contributed by atoms with Gasteiger partial charge in [0, 0.05) is 25.2 Å². The van der Waals surface area contributed by atoms with Crippen molar-refractivity contribution in [2.45, 2.75) is 26.2 Å². The highest BCUT2D eigenvalue weighted by Gasteiger charge is 2.38. The smallest absolute Gasteiger partial charge is 0.0814 e. The van der Waals surface area contributed by atoms with E-state index >= 15 is 0 Å². The van der Waals surface area contributed by atoms with Gasteiger partial charge in [-0.1, -0.05) is 6.92 Å². The molecule has 0 radical (unpaired) electrons. The van der Waals surface area contributed by atoms with Gasteiger partial charge in [0.25, 0.3) is 0 Å². The third-order valence-corrected chi connectivity index (χ3v) is 3.31. The van der Waals surface area contributed by atoms with Gasteiger partial charge < -0.3 is 4.48 Å². The van der Waals surface area contributed by atoms with Crippen LogP contribution in [0, 0.1) is 5.92 Å². The summed E-state index contributed by atoms with van der Waals surface area (Å²) >= 11 is 0. The van der Waals surface area contributed by atoms with Gasteiger partial charge in [0.05, 0.1) is 26.2 Å². The highest BCUT2D eigenvalue weighted by molar-refractivity contribution is 4.66. The molecular formula is C9H18N+. The first-order valence-corrected chi connectivity index (χ1v) is 4.66. The molecule has 2 fully saturated rings. The van der Waals surface area contributed by atoms with E-state index in [1.165, 1.54) is 49.9 Å². The molecule has 1 heteroatoms. The fourth-order valence-corrected chi connectivity index (χ4v) is 2.75. The summed E-state index contributed by atoms with van der Waals surface area (Å²) in [4.78, 5) is 0. The molecule has 1 spiro atoms. The van der Waals surface area contributed by atoms with Crippen molar-refractivity contribution in [1.29, 1.82) is 0 Å². The fourth-order valence-electron chi connectivity index (χ4n) is 2.75. The van der Waals surface area contributed by atoms with E-state index in [0.717, 1.165) is 5.92 Å². The number of hydrogen-bond donors (Lipinski definition) is 0. The minimum Gasteiger partial charge on any atom is -0.323 e. The monoisotopic (exact) mass is 140 g/mol. The normalized spacial score (nSPS) is 37.5. The Morgan fingerprint density at radius 1 is 1.10 bits per heavy atom. The molecule has 2 rings (SSSR count). The molecule has 2 aliphatic rings. The maximum absolute atomic E-state index is 2.41. The van der Waals surface area contributed by atoms with Gasteiger partial charge in [-0.25, -0.2) is 0 Å². The quantitative estimate of drug-likeness (QED) is 0.449. The zero-order valence-corrected chi connectivity index (χ0v) is 6.97. The first kappa shape index (κ1) is 6.66. The lowest BCUT2D eigenvalue weighted by Gasteiger charge is -2.28. The average Bonchev–Trinajstić information content (AvgIpc) is 2.46. The van der Waals surface area contributed by atoms with Gasteiger partial charge in [-0.05, 0) is 0 Å². The summed E-state index contributed by atoms with van der Waals surface area (Å²) in [6.45, 7) is 8.36. The Kier molecular flexibility index (Phi) is 1.48. The van der Waals surface area contributed by atoms with Crippen molar-refractivity contribution >= 4 is 0 Å². The summed E-state index contributed by atoms with van der Waals surface area (Å²) < 4.78 is 1.49. The lowest BCUT2D eigenvalue weighted by atomic mass is 10.2. The van der Waals surface area contributed by atoms with E-state index in [9.17, 15) is 0 Å². The first-order chi connectivity index (χ1) is 4.81. The molecule has 0 aromatic carbocycles. The maximum Gasteiger partial charge on any atom is 0.0814 e. The van der Waals surface area contributed by atoms with Crippen LogP contribution in [0.25, 0.3) is 0 Å². The highest BCUT2D eigenvalue weighted by Crippen LogP contribution is 2.29. The zero-order chi connectivity index (χ0) is 7.03. The summed E-state index contributed by atoms with van der Waals surface area (Å²) in [5.74, 6) is 1.01. The van der Waals surface area contributed by atoms with E-state index in [-0.39, 0.29) is 0 Å². The van der Waals surface area contributed by atoms with Crippen LogP contribution in [-0.4, -0.2) is 30.7 Å². The van der Waals surface area contributed by atoms with Gasteiger partial charge in [-0.15, -0.1) is 0 Å².